The van der Waals surface area contributed by atoms with Crippen molar-refractivity contribution in [3.8, 4) is 5.75 Å². The van der Waals surface area contributed by atoms with Gasteiger partial charge in [0.25, 0.3) is 0 Å². The molecule has 0 heterocycles. The van der Waals surface area contributed by atoms with Crippen LogP contribution in [-0.2, 0) is 15.6 Å². The summed E-state index contributed by atoms with van der Waals surface area (Å²) in [5.41, 5.74) is 3.28. The summed E-state index contributed by atoms with van der Waals surface area (Å²) in [5, 5.41) is 10.8. The highest BCUT2D eigenvalue weighted by Crippen LogP contribution is 2.40. The van der Waals surface area contributed by atoms with Gasteiger partial charge in [0.1, 0.15) is 5.75 Å². The van der Waals surface area contributed by atoms with Crippen molar-refractivity contribution in [3.63, 3.8) is 0 Å². The predicted molar refractivity (Wildman–Crippen MR) is 103 cm³/mol. The first-order valence-corrected chi connectivity index (χ1v) is 8.72. The first-order valence-electron chi connectivity index (χ1n) is 8.72. The van der Waals surface area contributed by atoms with E-state index in [1.807, 2.05) is 39.0 Å². The molecule has 0 aliphatic carbocycles. The van der Waals surface area contributed by atoms with Gasteiger partial charge >= 0.3 is 0 Å². The molecule has 2 heteroatoms. The highest BCUT2D eigenvalue weighted by molar-refractivity contribution is 6.07. The Balaban J connectivity index is 3.63. The number of phenols is 1. The number of aromatic hydroxyl groups is 1. The molecule has 1 radical (unpaired) electrons. The highest BCUT2D eigenvalue weighted by atomic mass is 16.3. The summed E-state index contributed by atoms with van der Waals surface area (Å²) in [6.07, 6.45) is 2.67. The maximum absolute atomic E-state index is 12.4. The van der Waals surface area contributed by atoms with Gasteiger partial charge in [-0.25, -0.2) is 0 Å². The molecule has 0 aliphatic heterocycles. The lowest BCUT2D eigenvalue weighted by Gasteiger charge is -2.28. The highest BCUT2D eigenvalue weighted by Gasteiger charge is 2.26. The fourth-order valence-corrected chi connectivity index (χ4v) is 2.73. The summed E-state index contributed by atoms with van der Waals surface area (Å²) >= 11 is 0. The smallest absolute Gasteiger partial charge is 0.165 e. The number of carbonyl (C=O) groups excluding carboxylic acids is 1. The van der Waals surface area contributed by atoms with Crippen molar-refractivity contribution in [1.29, 1.82) is 0 Å². The Hall–Kier alpha value is -1.57. The van der Waals surface area contributed by atoms with E-state index in [0.29, 0.717) is 12.2 Å². The molecule has 1 rings (SSSR count). The number of phenolic OH excluding ortho intramolecular Hbond substituents is 1. The zero-order valence-corrected chi connectivity index (χ0v) is 16.8. The van der Waals surface area contributed by atoms with Crippen molar-refractivity contribution in [2.24, 2.45) is 0 Å². The van der Waals surface area contributed by atoms with E-state index in [0.717, 1.165) is 28.2 Å². The van der Waals surface area contributed by atoms with E-state index in [2.05, 4.69) is 41.5 Å². The number of ketones is 1. The van der Waals surface area contributed by atoms with Gasteiger partial charge in [-0.15, -0.1) is 0 Å². The number of hydrogen-bond donors (Lipinski definition) is 1. The fourth-order valence-electron chi connectivity index (χ4n) is 2.73. The minimum atomic E-state index is -0.170. The van der Waals surface area contributed by atoms with E-state index in [1.165, 1.54) is 0 Å². The summed E-state index contributed by atoms with van der Waals surface area (Å²) in [5.74, 6) is 1.28. The minimum absolute atomic E-state index is 0.111. The first kappa shape index (κ1) is 20.5. The second-order valence-corrected chi connectivity index (χ2v) is 8.82. The fraction of sp³-hybridized carbons (Fsp3) is 0.545. The second-order valence-electron chi connectivity index (χ2n) is 8.82. The molecule has 0 spiro atoms. The van der Waals surface area contributed by atoms with Gasteiger partial charge in [-0.1, -0.05) is 62.3 Å². The topological polar surface area (TPSA) is 37.3 Å². The molecule has 0 amide bonds. The van der Waals surface area contributed by atoms with Crippen LogP contribution in [0.1, 0.15) is 85.4 Å². The molecule has 1 aromatic rings. The van der Waals surface area contributed by atoms with Crippen LogP contribution in [0.25, 0.3) is 6.08 Å². The van der Waals surface area contributed by atoms with Crippen LogP contribution in [-0.4, -0.2) is 10.9 Å². The number of carbonyl (C=O) groups is 1. The van der Waals surface area contributed by atoms with Crippen LogP contribution in [0.5, 0.6) is 5.75 Å². The van der Waals surface area contributed by atoms with E-state index in [-0.39, 0.29) is 16.6 Å². The maximum Gasteiger partial charge on any atom is 0.165 e. The number of allylic oxidation sites excluding steroid dienone is 1. The molecule has 2 nitrogen and oxygen atoms in total. The summed E-state index contributed by atoms with van der Waals surface area (Å²) < 4.78 is 0. The van der Waals surface area contributed by atoms with Gasteiger partial charge in [0, 0.05) is 17.0 Å². The number of Topliss-reactive ketones (excluding diaryl/α,β-unsaturated/α-hetero) is 1. The average Bonchev–Trinajstić information content (AvgIpc) is 2.42. The quantitative estimate of drug-likeness (QED) is 0.692. The Kier molecular flexibility index (Phi) is 6.08. The van der Waals surface area contributed by atoms with Crippen LogP contribution in [0.4, 0.5) is 0 Å². The lowest BCUT2D eigenvalue weighted by molar-refractivity contribution is -0.113. The van der Waals surface area contributed by atoms with Gasteiger partial charge in [-0.3, -0.25) is 4.79 Å². The summed E-state index contributed by atoms with van der Waals surface area (Å²) in [7, 11) is 0. The van der Waals surface area contributed by atoms with E-state index in [1.54, 1.807) is 0 Å². The maximum atomic E-state index is 12.4. The van der Waals surface area contributed by atoms with E-state index >= 15 is 0 Å². The van der Waals surface area contributed by atoms with Crippen molar-refractivity contribution in [1.82, 2.24) is 0 Å². The zero-order chi connectivity index (χ0) is 18.9. The Bertz CT molecular complexity index is 600. The lowest BCUT2D eigenvalue weighted by atomic mass is 9.78. The molecule has 0 atom stereocenters. The molecule has 0 aliphatic rings. The van der Waals surface area contributed by atoms with Crippen LogP contribution in [0.3, 0.4) is 0 Å². The van der Waals surface area contributed by atoms with Gasteiger partial charge in [-0.2, -0.15) is 0 Å². The van der Waals surface area contributed by atoms with Crippen molar-refractivity contribution in [2.45, 2.75) is 79.6 Å². The Morgan fingerprint density at radius 2 is 1.42 bits per heavy atom. The molecular formula is C22H33O2. The van der Waals surface area contributed by atoms with Crippen molar-refractivity contribution in [2.75, 3.05) is 0 Å². The molecule has 133 valence electrons. The largest absolute Gasteiger partial charge is 0.507 e. The van der Waals surface area contributed by atoms with E-state index < -0.39 is 0 Å². The Labute approximate surface area is 148 Å². The molecule has 0 bridgehead atoms. The molecule has 0 fully saturated rings. The van der Waals surface area contributed by atoms with Gasteiger partial charge in [0.15, 0.2) is 5.78 Å². The second kappa shape index (κ2) is 7.13. The monoisotopic (exact) mass is 329 g/mol. The molecular weight excluding hydrogens is 296 g/mol. The first-order chi connectivity index (χ1) is 10.8. The van der Waals surface area contributed by atoms with Crippen LogP contribution >= 0.6 is 0 Å². The molecule has 1 N–H and O–H groups in total. The van der Waals surface area contributed by atoms with Crippen LogP contribution < -0.4 is 0 Å². The molecule has 0 unspecified atom stereocenters. The van der Waals surface area contributed by atoms with Crippen LogP contribution in [0.2, 0.25) is 0 Å². The van der Waals surface area contributed by atoms with Crippen molar-refractivity contribution in [3.05, 3.63) is 40.3 Å². The molecule has 24 heavy (non-hydrogen) atoms. The summed E-state index contributed by atoms with van der Waals surface area (Å²) in [6, 6.07) is 4.02. The third-order valence-corrected chi connectivity index (χ3v) is 4.22. The summed E-state index contributed by atoms with van der Waals surface area (Å²) in [4.78, 5) is 12.4. The van der Waals surface area contributed by atoms with Gasteiger partial charge in [-0.05, 0) is 46.6 Å². The van der Waals surface area contributed by atoms with Crippen molar-refractivity contribution < 1.29 is 9.90 Å². The number of benzene rings is 1. The predicted octanol–water partition coefficient (Wildman–Crippen LogP) is 5.96. The number of hydrogen-bond acceptors (Lipinski definition) is 2. The van der Waals surface area contributed by atoms with Crippen LogP contribution in [0, 0.1) is 5.92 Å². The Morgan fingerprint density at radius 1 is 1.00 bits per heavy atom. The average molecular weight is 330 g/mol. The third-order valence-electron chi connectivity index (χ3n) is 4.22. The number of rotatable bonds is 4. The lowest BCUT2D eigenvalue weighted by Crippen LogP contribution is -2.17. The van der Waals surface area contributed by atoms with Gasteiger partial charge in [0.2, 0.25) is 0 Å². The molecule has 0 aromatic heterocycles. The van der Waals surface area contributed by atoms with Gasteiger partial charge in [0.05, 0.1) is 0 Å². The minimum Gasteiger partial charge on any atom is -0.507 e. The normalized spacial score (nSPS) is 13.5. The molecule has 0 saturated carbocycles. The Morgan fingerprint density at radius 3 is 1.71 bits per heavy atom. The summed E-state index contributed by atoms with van der Waals surface area (Å²) in [6.45, 7) is 18.3. The third kappa shape index (κ3) is 4.72. The zero-order valence-electron chi connectivity index (χ0n) is 16.8. The van der Waals surface area contributed by atoms with E-state index in [9.17, 15) is 9.90 Å². The van der Waals surface area contributed by atoms with E-state index in [4.69, 9.17) is 0 Å². The van der Waals surface area contributed by atoms with Gasteiger partial charge < -0.3 is 5.11 Å². The molecule has 1 aromatic carbocycles. The SMILES string of the molecule is CCC(=Cc1cc(C(C)(C)C)c(O)c(C(C)(C)C)c1)C(=O)[C](C)C. The standard InChI is InChI=1S/C22H33O2/c1-10-16(19(23)14(2)3)11-15-12-17(21(4,5)6)20(24)18(13-15)22(7,8)9/h11-13,24H,10H2,1-9H3. The van der Waals surface area contributed by atoms with Crippen molar-refractivity contribution >= 4 is 11.9 Å². The molecule has 0 saturated heterocycles. The van der Waals surface area contributed by atoms with Crippen LogP contribution in [0.15, 0.2) is 17.7 Å².